The first-order valence-corrected chi connectivity index (χ1v) is 10.8. The van der Waals surface area contributed by atoms with Crippen LogP contribution in [0, 0.1) is 0 Å². The lowest BCUT2D eigenvalue weighted by Crippen LogP contribution is -2.45. The van der Waals surface area contributed by atoms with Gasteiger partial charge in [0, 0.05) is 37.8 Å². The minimum Gasteiger partial charge on any atom is -0.381 e. The number of likely N-dealkylation sites (tertiary alicyclic amines) is 1. The molecule has 1 amide bonds. The van der Waals surface area contributed by atoms with E-state index in [-0.39, 0.29) is 17.6 Å². The van der Waals surface area contributed by atoms with E-state index in [0.29, 0.717) is 25.4 Å². The number of rotatable bonds is 6. The zero-order chi connectivity index (χ0) is 21.1. The molecule has 4 rings (SSSR count). The molecule has 0 saturated carbocycles. The van der Waals surface area contributed by atoms with Crippen molar-refractivity contribution >= 4 is 22.6 Å². The zero-order valence-corrected chi connectivity index (χ0v) is 17.7. The van der Waals surface area contributed by atoms with Gasteiger partial charge in [-0.25, -0.2) is 4.79 Å². The Bertz CT molecular complexity index is 1060. The Labute approximate surface area is 176 Å². The van der Waals surface area contributed by atoms with E-state index in [4.69, 9.17) is 0 Å². The number of fused-ring (bicyclic) bond motifs is 1. The van der Waals surface area contributed by atoms with Crippen LogP contribution in [0.1, 0.15) is 44.6 Å². The molecule has 1 aromatic heterocycles. The summed E-state index contributed by atoms with van der Waals surface area (Å²) in [5.41, 5.74) is 3.92. The molecule has 1 aliphatic rings. The number of anilines is 1. The fourth-order valence-electron chi connectivity index (χ4n) is 4.22. The topological polar surface area (TPSA) is 70.1 Å². The van der Waals surface area contributed by atoms with Gasteiger partial charge < -0.3 is 15.2 Å². The van der Waals surface area contributed by atoms with Crippen LogP contribution in [0.2, 0.25) is 0 Å². The number of nitrogens with zero attached hydrogens (tertiary/aromatic N) is 2. The quantitative estimate of drug-likeness (QED) is 0.651. The molecule has 2 N–H and O–H groups in total. The predicted molar refractivity (Wildman–Crippen MR) is 121 cm³/mol. The van der Waals surface area contributed by atoms with Crippen molar-refractivity contribution in [2.45, 2.75) is 51.6 Å². The Kier molecular flexibility index (Phi) is 5.93. The van der Waals surface area contributed by atoms with Crippen LogP contribution in [-0.2, 0) is 11.3 Å². The van der Waals surface area contributed by atoms with Gasteiger partial charge in [-0.3, -0.25) is 9.36 Å². The van der Waals surface area contributed by atoms with E-state index in [1.54, 1.807) is 4.57 Å². The molecule has 1 aliphatic heterocycles. The molecule has 1 fully saturated rings. The minimum atomic E-state index is -0.160. The number of para-hydroxylation sites is 2. The van der Waals surface area contributed by atoms with Crippen LogP contribution in [0.3, 0.4) is 0 Å². The summed E-state index contributed by atoms with van der Waals surface area (Å²) in [5.74, 6) is 0.625. The molecule has 6 heteroatoms. The second kappa shape index (κ2) is 8.78. The number of hydrogen-bond acceptors (Lipinski definition) is 3. The highest BCUT2D eigenvalue weighted by molar-refractivity contribution is 5.77. The molecule has 158 valence electrons. The van der Waals surface area contributed by atoms with E-state index in [2.05, 4.69) is 48.4 Å². The van der Waals surface area contributed by atoms with Gasteiger partial charge in [0.2, 0.25) is 5.91 Å². The van der Waals surface area contributed by atoms with Crippen molar-refractivity contribution in [1.82, 2.24) is 14.5 Å². The predicted octanol–water partition coefficient (Wildman–Crippen LogP) is 3.95. The van der Waals surface area contributed by atoms with Crippen LogP contribution in [0.4, 0.5) is 5.69 Å². The third kappa shape index (κ3) is 4.42. The number of aryl methyl sites for hydroxylation is 1. The van der Waals surface area contributed by atoms with Crippen LogP contribution in [0.5, 0.6) is 0 Å². The molecule has 0 aliphatic carbocycles. The maximum absolute atomic E-state index is 12.8. The Balaban J connectivity index is 1.35. The summed E-state index contributed by atoms with van der Waals surface area (Å²) >= 11 is 0. The Morgan fingerprint density at radius 3 is 2.70 bits per heavy atom. The standard InChI is InChI=1S/C24H30N4O2/c1-17(2)18-9-11-19(12-10-18)25-20-6-5-14-27(16-20)23(29)13-15-28-22-8-4-3-7-21(22)26-24(28)30/h3-4,7-12,17,20,25H,5-6,13-16H2,1-2H3,(H,26,30)/t20-/m1/s1. The molecular weight excluding hydrogens is 376 g/mol. The van der Waals surface area contributed by atoms with Crippen LogP contribution >= 0.6 is 0 Å². The van der Waals surface area contributed by atoms with Gasteiger partial charge in [0.15, 0.2) is 0 Å². The van der Waals surface area contributed by atoms with E-state index in [0.717, 1.165) is 36.1 Å². The first kappa shape index (κ1) is 20.3. The number of aromatic amines is 1. The average Bonchev–Trinajstić information content (AvgIpc) is 3.07. The van der Waals surface area contributed by atoms with Gasteiger partial charge in [-0.2, -0.15) is 0 Å². The van der Waals surface area contributed by atoms with Crippen molar-refractivity contribution in [1.29, 1.82) is 0 Å². The highest BCUT2D eigenvalue weighted by atomic mass is 16.2. The molecule has 0 spiro atoms. The third-order valence-electron chi connectivity index (χ3n) is 5.95. The van der Waals surface area contributed by atoms with E-state index >= 15 is 0 Å². The van der Waals surface area contributed by atoms with E-state index in [1.165, 1.54) is 5.56 Å². The molecule has 0 bridgehead atoms. The van der Waals surface area contributed by atoms with E-state index in [1.807, 2.05) is 29.2 Å². The summed E-state index contributed by atoms with van der Waals surface area (Å²) in [7, 11) is 0. The highest BCUT2D eigenvalue weighted by Crippen LogP contribution is 2.20. The van der Waals surface area contributed by atoms with Gasteiger partial charge in [-0.05, 0) is 48.6 Å². The number of aromatic nitrogens is 2. The number of piperidine rings is 1. The smallest absolute Gasteiger partial charge is 0.326 e. The second-order valence-electron chi connectivity index (χ2n) is 8.45. The van der Waals surface area contributed by atoms with Crippen LogP contribution < -0.4 is 11.0 Å². The van der Waals surface area contributed by atoms with Gasteiger partial charge in [0.05, 0.1) is 11.0 Å². The zero-order valence-electron chi connectivity index (χ0n) is 17.7. The van der Waals surface area contributed by atoms with Crippen molar-refractivity contribution in [3.8, 4) is 0 Å². The molecule has 2 heterocycles. The Morgan fingerprint density at radius 1 is 1.17 bits per heavy atom. The summed E-state index contributed by atoms with van der Waals surface area (Å²) in [4.78, 5) is 29.8. The minimum absolute atomic E-state index is 0.105. The van der Waals surface area contributed by atoms with E-state index < -0.39 is 0 Å². The Morgan fingerprint density at radius 2 is 1.93 bits per heavy atom. The Hall–Kier alpha value is -3.02. The molecule has 30 heavy (non-hydrogen) atoms. The SMILES string of the molecule is CC(C)c1ccc(N[C@@H]2CCCN(C(=O)CCn3c(=O)[nH]c4ccccc43)C2)cc1. The van der Waals surface area contributed by atoms with Gasteiger partial charge in [-0.15, -0.1) is 0 Å². The number of carbonyl (C=O) groups is 1. The lowest BCUT2D eigenvalue weighted by Gasteiger charge is -2.34. The second-order valence-corrected chi connectivity index (χ2v) is 8.45. The van der Waals surface area contributed by atoms with Crippen LogP contribution in [0.25, 0.3) is 11.0 Å². The van der Waals surface area contributed by atoms with Crippen molar-refractivity contribution < 1.29 is 4.79 Å². The van der Waals surface area contributed by atoms with Crippen LogP contribution in [-0.4, -0.2) is 39.5 Å². The summed E-state index contributed by atoms with van der Waals surface area (Å²) in [6, 6.07) is 16.4. The fraction of sp³-hybridized carbons (Fsp3) is 0.417. The monoisotopic (exact) mass is 406 g/mol. The number of carbonyl (C=O) groups excluding carboxylic acids is 1. The maximum atomic E-state index is 12.8. The molecule has 2 aromatic carbocycles. The number of H-pyrrole nitrogens is 1. The number of hydrogen-bond donors (Lipinski definition) is 2. The number of amides is 1. The van der Waals surface area contributed by atoms with Crippen molar-refractivity contribution in [3.05, 3.63) is 64.6 Å². The van der Waals surface area contributed by atoms with Gasteiger partial charge in [0.1, 0.15) is 0 Å². The third-order valence-corrected chi connectivity index (χ3v) is 5.95. The number of imidazole rings is 1. The summed E-state index contributed by atoms with van der Waals surface area (Å²) in [5, 5.41) is 3.58. The molecule has 0 radical (unpaired) electrons. The average molecular weight is 407 g/mol. The summed E-state index contributed by atoms with van der Waals surface area (Å²) in [6.07, 6.45) is 2.37. The molecule has 1 saturated heterocycles. The van der Waals surface area contributed by atoms with E-state index in [9.17, 15) is 9.59 Å². The summed E-state index contributed by atoms with van der Waals surface area (Å²) in [6.45, 7) is 6.27. The van der Waals surface area contributed by atoms with Gasteiger partial charge in [-0.1, -0.05) is 38.1 Å². The van der Waals surface area contributed by atoms with Crippen molar-refractivity contribution in [2.24, 2.45) is 0 Å². The number of benzene rings is 2. The molecular formula is C24H30N4O2. The number of nitrogens with one attached hydrogen (secondary N) is 2. The lowest BCUT2D eigenvalue weighted by molar-refractivity contribution is -0.132. The normalized spacial score (nSPS) is 16.9. The molecule has 1 atom stereocenters. The lowest BCUT2D eigenvalue weighted by atomic mass is 10.0. The van der Waals surface area contributed by atoms with Crippen LogP contribution in [0.15, 0.2) is 53.3 Å². The molecule has 3 aromatic rings. The van der Waals surface area contributed by atoms with Crippen molar-refractivity contribution in [3.63, 3.8) is 0 Å². The summed E-state index contributed by atoms with van der Waals surface area (Å²) < 4.78 is 1.66. The fourth-order valence-corrected chi connectivity index (χ4v) is 4.22. The first-order chi connectivity index (χ1) is 14.5. The molecule has 0 unspecified atom stereocenters. The highest BCUT2D eigenvalue weighted by Gasteiger charge is 2.23. The largest absolute Gasteiger partial charge is 0.381 e. The van der Waals surface area contributed by atoms with Gasteiger partial charge in [0.25, 0.3) is 0 Å². The molecule has 6 nitrogen and oxygen atoms in total. The maximum Gasteiger partial charge on any atom is 0.326 e. The first-order valence-electron chi connectivity index (χ1n) is 10.8. The van der Waals surface area contributed by atoms with Crippen molar-refractivity contribution in [2.75, 3.05) is 18.4 Å². The van der Waals surface area contributed by atoms with Gasteiger partial charge >= 0.3 is 5.69 Å².